The Labute approximate surface area is 310 Å². The van der Waals surface area contributed by atoms with E-state index in [-0.39, 0.29) is 6.85 Å². The molecule has 0 unspecified atom stereocenters. The zero-order valence-corrected chi connectivity index (χ0v) is 29.4. The molecule has 0 saturated heterocycles. The molecule has 0 fully saturated rings. The summed E-state index contributed by atoms with van der Waals surface area (Å²) in [6.45, 7) is -0.00622. The number of fused-ring (bicyclic) bond motifs is 13. The Kier molecular flexibility index (Phi) is 5.30. The van der Waals surface area contributed by atoms with Gasteiger partial charge in [-0.15, -0.1) is 11.3 Å². The third kappa shape index (κ3) is 3.29. The lowest BCUT2D eigenvalue weighted by Gasteiger charge is -2.50. The first kappa shape index (κ1) is 28.3. The van der Waals surface area contributed by atoms with Gasteiger partial charge in [0, 0.05) is 43.0 Å². The van der Waals surface area contributed by atoms with Gasteiger partial charge in [0.05, 0.1) is 21.6 Å². The van der Waals surface area contributed by atoms with Crippen molar-refractivity contribution in [2.75, 3.05) is 4.90 Å². The van der Waals surface area contributed by atoms with E-state index in [0.29, 0.717) is 0 Å². The third-order valence-electron chi connectivity index (χ3n) is 12.4. The lowest BCUT2D eigenvalue weighted by Crippen LogP contribution is -2.58. The number of benzene rings is 8. The summed E-state index contributed by atoms with van der Waals surface area (Å²) in [5.41, 5.74) is 15.2. The monoisotopic (exact) mass is 688 g/mol. The van der Waals surface area contributed by atoms with Crippen LogP contribution in [0.4, 0.5) is 17.1 Å². The van der Waals surface area contributed by atoms with E-state index in [1.54, 1.807) is 0 Å². The molecule has 0 spiro atoms. The number of nitrogens with zero attached hydrogens (tertiary/aromatic N) is 2. The Hall–Kier alpha value is -6.36. The Bertz CT molecular complexity index is 3150. The van der Waals surface area contributed by atoms with E-state index < -0.39 is 5.41 Å². The minimum absolute atomic E-state index is 0.00622. The average Bonchev–Trinajstić information content (AvgIpc) is 3.76. The first-order valence-electron chi connectivity index (χ1n) is 18.5. The van der Waals surface area contributed by atoms with Crippen molar-refractivity contribution < 1.29 is 0 Å². The van der Waals surface area contributed by atoms with E-state index >= 15 is 0 Å². The number of para-hydroxylation sites is 3. The molecule has 0 radical (unpaired) electrons. The van der Waals surface area contributed by atoms with Crippen LogP contribution in [0.1, 0.15) is 22.3 Å². The quantitative estimate of drug-likeness (QED) is 0.164. The van der Waals surface area contributed by atoms with E-state index in [4.69, 9.17) is 0 Å². The molecule has 0 aliphatic carbocycles. The summed E-state index contributed by atoms with van der Waals surface area (Å²) >= 11 is 1.94. The maximum absolute atomic E-state index is 2.73. The van der Waals surface area contributed by atoms with E-state index in [1.165, 1.54) is 103 Å². The van der Waals surface area contributed by atoms with Crippen molar-refractivity contribution in [2.24, 2.45) is 0 Å². The summed E-state index contributed by atoms with van der Waals surface area (Å²) in [6, 6.07) is 66.2. The van der Waals surface area contributed by atoms with Gasteiger partial charge in [-0.05, 0) is 62.3 Å². The normalized spacial score (nSPS) is 14.5. The molecule has 8 aromatic carbocycles. The van der Waals surface area contributed by atoms with Crippen LogP contribution in [0, 0.1) is 0 Å². The number of thiophene rings is 1. The lowest BCUT2D eigenvalue weighted by atomic mass is 9.43. The van der Waals surface area contributed by atoms with E-state index in [2.05, 4.69) is 185 Å². The van der Waals surface area contributed by atoms with Crippen LogP contribution in [-0.2, 0) is 5.41 Å². The fourth-order valence-electron chi connectivity index (χ4n) is 10.5. The molecule has 244 valence electrons. The molecule has 53 heavy (non-hydrogen) atoms. The van der Waals surface area contributed by atoms with Gasteiger partial charge in [-0.3, -0.25) is 0 Å². The van der Waals surface area contributed by atoms with Gasteiger partial charge in [-0.1, -0.05) is 158 Å². The van der Waals surface area contributed by atoms with Crippen molar-refractivity contribution in [1.29, 1.82) is 0 Å². The molecule has 2 aromatic heterocycles. The van der Waals surface area contributed by atoms with Crippen molar-refractivity contribution in [3.05, 3.63) is 198 Å². The Balaban J connectivity index is 1.27. The van der Waals surface area contributed by atoms with Crippen LogP contribution in [0.3, 0.4) is 0 Å². The minimum Gasteiger partial charge on any atom is -0.367 e. The SMILES string of the molecule is c1ccc(C2(c3ccccc3)c3ccccc3N3c4c(cccc42)B2c4c(cc5ccccc5c43)-c3cccc4c5c6ccccc6sc5n2c34)cc1. The van der Waals surface area contributed by atoms with Crippen LogP contribution in [0.5, 0.6) is 0 Å². The summed E-state index contributed by atoms with van der Waals surface area (Å²) < 4.78 is 4.07. The second kappa shape index (κ2) is 9.95. The molecule has 4 heteroatoms. The van der Waals surface area contributed by atoms with Crippen molar-refractivity contribution in [1.82, 2.24) is 4.48 Å². The predicted octanol–water partition coefficient (Wildman–Crippen LogP) is 11.3. The average molecular weight is 689 g/mol. The second-order valence-electron chi connectivity index (χ2n) is 14.7. The van der Waals surface area contributed by atoms with E-state index in [9.17, 15) is 0 Å². The van der Waals surface area contributed by atoms with E-state index in [0.717, 1.165) is 0 Å². The molecule has 3 aliphatic heterocycles. The zero-order valence-electron chi connectivity index (χ0n) is 28.6. The van der Waals surface area contributed by atoms with Gasteiger partial charge in [-0.2, -0.15) is 0 Å². The maximum atomic E-state index is 2.73. The van der Waals surface area contributed by atoms with Crippen molar-refractivity contribution in [3.8, 4) is 11.1 Å². The Morgan fingerprint density at radius 2 is 1.17 bits per heavy atom. The number of hydrogen-bond acceptors (Lipinski definition) is 2. The van der Waals surface area contributed by atoms with Gasteiger partial charge in [0.1, 0.15) is 0 Å². The summed E-state index contributed by atoms with van der Waals surface area (Å²) in [4.78, 5) is 4.00. The molecule has 0 N–H and O–H groups in total. The number of hydrogen-bond donors (Lipinski definition) is 0. The Morgan fingerprint density at radius 3 is 2.00 bits per heavy atom. The van der Waals surface area contributed by atoms with Crippen LogP contribution >= 0.6 is 11.3 Å². The molecule has 0 saturated carbocycles. The first-order valence-corrected chi connectivity index (χ1v) is 19.3. The molecule has 10 aromatic rings. The van der Waals surface area contributed by atoms with Crippen LogP contribution in [0.15, 0.2) is 176 Å². The molecule has 0 amide bonds. The fraction of sp³-hybridized carbons (Fsp3) is 0.0204. The van der Waals surface area contributed by atoms with Gasteiger partial charge in [0.25, 0.3) is 0 Å². The fourth-order valence-corrected chi connectivity index (χ4v) is 11.8. The highest BCUT2D eigenvalue weighted by Crippen LogP contribution is 2.59. The van der Waals surface area contributed by atoms with Crippen LogP contribution < -0.4 is 15.8 Å². The third-order valence-corrected chi connectivity index (χ3v) is 13.6. The molecule has 2 nitrogen and oxygen atoms in total. The topological polar surface area (TPSA) is 8.17 Å². The highest BCUT2D eigenvalue weighted by molar-refractivity contribution is 7.26. The van der Waals surface area contributed by atoms with Crippen LogP contribution in [-0.4, -0.2) is 11.3 Å². The van der Waals surface area contributed by atoms with Crippen molar-refractivity contribution in [3.63, 3.8) is 0 Å². The highest BCUT2D eigenvalue weighted by Gasteiger charge is 2.52. The van der Waals surface area contributed by atoms with Crippen molar-refractivity contribution >= 4 is 88.2 Å². The predicted molar refractivity (Wildman–Crippen MR) is 225 cm³/mol. The second-order valence-corrected chi connectivity index (χ2v) is 15.8. The van der Waals surface area contributed by atoms with Gasteiger partial charge in [0.2, 0.25) is 0 Å². The van der Waals surface area contributed by atoms with E-state index in [1.807, 2.05) is 11.3 Å². The summed E-state index contributed by atoms with van der Waals surface area (Å²) in [6.07, 6.45) is 0. The summed E-state index contributed by atoms with van der Waals surface area (Å²) in [7, 11) is 0. The number of anilines is 3. The standard InChI is InChI=1S/C49H29BN2S/c1-3-16-31(17-4-1)49(32-18-5-2-6-19-32)38-24-10-11-27-41(38)51-46-33-20-8-7-15-30(33)29-37-34-22-13-23-36-43-35-21-9-12-28-42(35)53-48(43)52(45(34)36)50(44(37)46)40-26-14-25-39(49)47(40)51/h1-29H. The number of aromatic nitrogens is 1. The summed E-state index contributed by atoms with van der Waals surface area (Å²) in [5, 5.41) is 6.62. The molecular weight excluding hydrogens is 659 g/mol. The van der Waals surface area contributed by atoms with Gasteiger partial charge >= 0.3 is 6.85 Å². The molecule has 5 heterocycles. The molecule has 13 rings (SSSR count). The van der Waals surface area contributed by atoms with Crippen molar-refractivity contribution in [2.45, 2.75) is 5.41 Å². The maximum Gasteiger partial charge on any atom is 0.333 e. The van der Waals surface area contributed by atoms with Crippen LogP contribution in [0.25, 0.3) is 53.1 Å². The van der Waals surface area contributed by atoms with Gasteiger partial charge in [-0.25, -0.2) is 0 Å². The lowest BCUT2D eigenvalue weighted by molar-refractivity contribution is 0.732. The highest BCUT2D eigenvalue weighted by atomic mass is 32.1. The molecular formula is C49H29BN2S. The largest absolute Gasteiger partial charge is 0.367 e. The Morgan fingerprint density at radius 1 is 0.509 bits per heavy atom. The smallest absolute Gasteiger partial charge is 0.333 e. The summed E-state index contributed by atoms with van der Waals surface area (Å²) in [5.74, 6) is 0. The molecule has 3 aliphatic rings. The molecule has 0 atom stereocenters. The molecule has 0 bridgehead atoms. The number of rotatable bonds is 2. The minimum atomic E-state index is -0.530. The zero-order chi connectivity index (χ0) is 34.4. The van der Waals surface area contributed by atoms with Crippen LogP contribution in [0.2, 0.25) is 0 Å². The van der Waals surface area contributed by atoms with Gasteiger partial charge in [0.15, 0.2) is 0 Å². The van der Waals surface area contributed by atoms with Gasteiger partial charge < -0.3 is 9.38 Å². The first-order chi connectivity index (χ1) is 26.3.